The molecule has 0 amide bonds. The molecule has 1 heterocycles. The van der Waals surface area contributed by atoms with Gasteiger partial charge in [0.25, 0.3) is 0 Å². The smallest absolute Gasteiger partial charge is 0.120 e. The van der Waals surface area contributed by atoms with E-state index in [4.69, 9.17) is 27.9 Å². The van der Waals surface area contributed by atoms with Crippen LogP contribution in [0.15, 0.2) is 91.0 Å². The molecule has 33 heavy (non-hydrogen) atoms. The standard InChI is InChI=1S/C28H23Cl2NO2/c29-26-13-8-22(17-27(26)30)31-15-14-21-16-24(33-18-19-4-2-1-3-5-19)11-12-25(21)28(31)20-6-9-23(32)10-7-20/h1-13,16-17,28,32H,14-15,18H2. The molecule has 0 radical (unpaired) electrons. The maximum absolute atomic E-state index is 9.83. The Balaban J connectivity index is 1.49. The highest BCUT2D eigenvalue weighted by atomic mass is 35.5. The highest BCUT2D eigenvalue weighted by Crippen LogP contribution is 2.41. The summed E-state index contributed by atoms with van der Waals surface area (Å²) in [7, 11) is 0. The quantitative estimate of drug-likeness (QED) is 0.325. The van der Waals surface area contributed by atoms with Gasteiger partial charge >= 0.3 is 0 Å². The van der Waals surface area contributed by atoms with Crippen molar-refractivity contribution in [3.05, 3.63) is 123 Å². The van der Waals surface area contributed by atoms with Crippen molar-refractivity contribution in [2.75, 3.05) is 11.4 Å². The molecule has 3 nitrogen and oxygen atoms in total. The summed E-state index contributed by atoms with van der Waals surface area (Å²) in [6, 6.07) is 29.6. The summed E-state index contributed by atoms with van der Waals surface area (Å²) < 4.78 is 6.08. The fraction of sp³-hybridized carbons (Fsp3) is 0.143. The molecule has 5 rings (SSSR count). The number of anilines is 1. The van der Waals surface area contributed by atoms with Crippen LogP contribution in [0.25, 0.3) is 0 Å². The molecule has 0 aliphatic carbocycles. The van der Waals surface area contributed by atoms with E-state index in [1.54, 1.807) is 12.1 Å². The third-order valence-electron chi connectivity index (χ3n) is 6.03. The zero-order chi connectivity index (χ0) is 22.8. The fourth-order valence-electron chi connectivity index (χ4n) is 4.39. The van der Waals surface area contributed by atoms with Gasteiger partial charge in [-0.05, 0) is 71.1 Å². The number of ether oxygens (including phenoxy) is 1. The van der Waals surface area contributed by atoms with Crippen LogP contribution in [0.2, 0.25) is 10.0 Å². The predicted octanol–water partition coefficient (Wildman–Crippen LogP) is 7.43. The van der Waals surface area contributed by atoms with Crippen LogP contribution in [0.5, 0.6) is 11.5 Å². The molecule has 1 atom stereocenters. The van der Waals surface area contributed by atoms with Crippen molar-refractivity contribution < 1.29 is 9.84 Å². The topological polar surface area (TPSA) is 32.7 Å². The molecule has 5 heteroatoms. The van der Waals surface area contributed by atoms with Crippen molar-refractivity contribution in [1.82, 2.24) is 0 Å². The van der Waals surface area contributed by atoms with E-state index in [-0.39, 0.29) is 11.8 Å². The largest absolute Gasteiger partial charge is 0.508 e. The van der Waals surface area contributed by atoms with E-state index in [9.17, 15) is 5.11 Å². The molecule has 1 unspecified atom stereocenters. The van der Waals surface area contributed by atoms with Crippen LogP contribution in [0.3, 0.4) is 0 Å². The summed E-state index contributed by atoms with van der Waals surface area (Å²) >= 11 is 12.5. The van der Waals surface area contributed by atoms with Crippen molar-refractivity contribution in [1.29, 1.82) is 0 Å². The second-order valence-corrected chi connectivity index (χ2v) is 8.99. The molecule has 0 saturated carbocycles. The van der Waals surface area contributed by atoms with Gasteiger partial charge in [-0.15, -0.1) is 0 Å². The van der Waals surface area contributed by atoms with E-state index in [0.717, 1.165) is 35.5 Å². The van der Waals surface area contributed by atoms with E-state index >= 15 is 0 Å². The lowest BCUT2D eigenvalue weighted by Gasteiger charge is -2.39. The van der Waals surface area contributed by atoms with Crippen molar-refractivity contribution in [2.45, 2.75) is 19.1 Å². The SMILES string of the molecule is Oc1ccc(C2c3ccc(OCc4ccccc4)cc3CCN2c2ccc(Cl)c(Cl)c2)cc1. The second kappa shape index (κ2) is 9.38. The van der Waals surface area contributed by atoms with E-state index in [0.29, 0.717) is 16.7 Å². The summed E-state index contributed by atoms with van der Waals surface area (Å²) in [4.78, 5) is 2.33. The summed E-state index contributed by atoms with van der Waals surface area (Å²) in [6.07, 6.45) is 0.882. The Morgan fingerprint density at radius 2 is 1.64 bits per heavy atom. The maximum Gasteiger partial charge on any atom is 0.120 e. The van der Waals surface area contributed by atoms with Gasteiger partial charge in [-0.3, -0.25) is 0 Å². The van der Waals surface area contributed by atoms with Crippen molar-refractivity contribution in [2.24, 2.45) is 0 Å². The molecule has 1 aliphatic rings. The zero-order valence-corrected chi connectivity index (χ0v) is 19.4. The highest BCUT2D eigenvalue weighted by Gasteiger charge is 2.29. The first kappa shape index (κ1) is 21.7. The molecular weight excluding hydrogens is 453 g/mol. The van der Waals surface area contributed by atoms with Gasteiger partial charge in [-0.2, -0.15) is 0 Å². The van der Waals surface area contributed by atoms with Gasteiger partial charge in [0.1, 0.15) is 18.1 Å². The number of hydrogen-bond donors (Lipinski definition) is 1. The minimum Gasteiger partial charge on any atom is -0.508 e. The first-order chi connectivity index (χ1) is 16.1. The molecule has 4 aromatic rings. The minimum atomic E-state index is -0.0187. The number of phenolic OH excluding ortho intramolecular Hbond substituents is 1. The van der Waals surface area contributed by atoms with Crippen molar-refractivity contribution in [3.8, 4) is 11.5 Å². The normalized spacial score (nSPS) is 15.2. The van der Waals surface area contributed by atoms with Crippen molar-refractivity contribution in [3.63, 3.8) is 0 Å². The summed E-state index contributed by atoms with van der Waals surface area (Å²) in [5, 5.41) is 10.9. The highest BCUT2D eigenvalue weighted by molar-refractivity contribution is 6.42. The Bertz CT molecular complexity index is 1260. The third kappa shape index (κ3) is 4.66. The molecule has 166 valence electrons. The molecule has 0 spiro atoms. The van der Waals surface area contributed by atoms with E-state index in [1.807, 2.05) is 54.6 Å². The average Bonchev–Trinajstić information content (AvgIpc) is 2.85. The first-order valence-corrected chi connectivity index (χ1v) is 11.6. The number of phenols is 1. The van der Waals surface area contributed by atoms with Crippen LogP contribution in [0.1, 0.15) is 28.3 Å². The Morgan fingerprint density at radius 1 is 0.848 bits per heavy atom. The first-order valence-electron chi connectivity index (χ1n) is 10.9. The van der Waals surface area contributed by atoms with Crippen LogP contribution in [-0.2, 0) is 13.0 Å². The van der Waals surface area contributed by atoms with Gasteiger partial charge in [0.2, 0.25) is 0 Å². The lowest BCUT2D eigenvalue weighted by Crippen LogP contribution is -2.36. The zero-order valence-electron chi connectivity index (χ0n) is 17.9. The number of rotatable bonds is 5. The number of aromatic hydroxyl groups is 1. The number of halogens is 2. The van der Waals surface area contributed by atoms with Crippen LogP contribution in [0, 0.1) is 0 Å². The average molecular weight is 476 g/mol. The number of nitrogens with zero attached hydrogens (tertiary/aromatic N) is 1. The van der Waals surface area contributed by atoms with Gasteiger partial charge in [-0.1, -0.05) is 71.7 Å². The second-order valence-electron chi connectivity index (χ2n) is 8.17. The molecule has 0 aromatic heterocycles. The molecule has 0 bridgehead atoms. The summed E-state index contributed by atoms with van der Waals surface area (Å²) in [6.45, 7) is 1.36. The van der Waals surface area contributed by atoms with Gasteiger partial charge in [-0.25, -0.2) is 0 Å². The molecule has 0 saturated heterocycles. The fourth-order valence-corrected chi connectivity index (χ4v) is 4.68. The Kier molecular flexibility index (Phi) is 6.17. The summed E-state index contributed by atoms with van der Waals surface area (Å²) in [5.41, 5.74) is 5.72. The van der Waals surface area contributed by atoms with E-state index in [2.05, 4.69) is 29.2 Å². The molecule has 1 aliphatic heterocycles. The Hall–Kier alpha value is -3.14. The van der Waals surface area contributed by atoms with E-state index < -0.39 is 0 Å². The molecule has 0 fully saturated rings. The molecular formula is C28H23Cl2NO2. The number of fused-ring (bicyclic) bond motifs is 1. The van der Waals surface area contributed by atoms with Crippen LogP contribution < -0.4 is 9.64 Å². The lowest BCUT2D eigenvalue weighted by atomic mass is 9.87. The van der Waals surface area contributed by atoms with Gasteiger partial charge in [0.05, 0.1) is 16.1 Å². The number of benzene rings is 4. The maximum atomic E-state index is 9.83. The summed E-state index contributed by atoms with van der Waals surface area (Å²) in [5.74, 6) is 1.12. The lowest BCUT2D eigenvalue weighted by molar-refractivity contribution is 0.305. The third-order valence-corrected chi connectivity index (χ3v) is 6.77. The minimum absolute atomic E-state index is 0.0187. The van der Waals surface area contributed by atoms with E-state index in [1.165, 1.54) is 11.1 Å². The van der Waals surface area contributed by atoms with Gasteiger partial charge in [0.15, 0.2) is 0 Å². The van der Waals surface area contributed by atoms with Gasteiger partial charge in [0, 0.05) is 12.2 Å². The number of hydrogen-bond acceptors (Lipinski definition) is 3. The van der Waals surface area contributed by atoms with Crippen LogP contribution in [-0.4, -0.2) is 11.7 Å². The predicted molar refractivity (Wildman–Crippen MR) is 135 cm³/mol. The Morgan fingerprint density at radius 3 is 2.39 bits per heavy atom. The molecule has 1 N–H and O–H groups in total. The monoisotopic (exact) mass is 475 g/mol. The van der Waals surface area contributed by atoms with Crippen molar-refractivity contribution >= 4 is 28.9 Å². The molecule has 4 aromatic carbocycles. The van der Waals surface area contributed by atoms with Crippen LogP contribution in [0.4, 0.5) is 5.69 Å². The van der Waals surface area contributed by atoms with Gasteiger partial charge < -0.3 is 14.7 Å². The Labute approximate surface area is 203 Å². The van der Waals surface area contributed by atoms with Crippen LogP contribution >= 0.6 is 23.2 Å².